The van der Waals surface area contributed by atoms with Crippen molar-refractivity contribution >= 4 is 5.71 Å². The van der Waals surface area contributed by atoms with Crippen LogP contribution in [0.4, 0.5) is 0 Å². The van der Waals surface area contributed by atoms with Gasteiger partial charge in [0.2, 0.25) is 0 Å². The molecule has 30 heavy (non-hydrogen) atoms. The summed E-state index contributed by atoms with van der Waals surface area (Å²) >= 11 is 0. The van der Waals surface area contributed by atoms with Crippen molar-refractivity contribution in [3.63, 3.8) is 0 Å². The van der Waals surface area contributed by atoms with E-state index in [1.807, 2.05) is 14.1 Å². The average molecular weight is 421 g/mol. The first-order chi connectivity index (χ1) is 14.2. The van der Waals surface area contributed by atoms with Crippen molar-refractivity contribution in [3.05, 3.63) is 0 Å². The van der Waals surface area contributed by atoms with Crippen molar-refractivity contribution in [1.82, 2.24) is 4.90 Å². The van der Waals surface area contributed by atoms with E-state index in [2.05, 4.69) is 30.8 Å². The van der Waals surface area contributed by atoms with E-state index in [1.165, 1.54) is 12.1 Å². The topological polar surface area (TPSA) is 65.3 Å². The van der Waals surface area contributed by atoms with Gasteiger partial charge in [0.05, 0.1) is 17.9 Å². The zero-order valence-electron chi connectivity index (χ0n) is 19.8. The van der Waals surface area contributed by atoms with Crippen molar-refractivity contribution in [3.8, 4) is 0 Å². The molecule has 0 heterocycles. The van der Waals surface area contributed by atoms with Crippen LogP contribution in [0.1, 0.15) is 72.1 Å². The number of hydrogen-bond donors (Lipinski definition) is 2. The zero-order chi connectivity index (χ0) is 21.7. The quantitative estimate of drug-likeness (QED) is 0.522. The highest BCUT2D eigenvalue weighted by Crippen LogP contribution is 2.66. The van der Waals surface area contributed by atoms with Gasteiger partial charge < -0.3 is 20.0 Å². The molecule has 0 radical (unpaired) electrons. The second-order valence-corrected chi connectivity index (χ2v) is 11.6. The molecular weight excluding hydrogens is 376 g/mol. The van der Waals surface area contributed by atoms with E-state index in [4.69, 9.17) is 4.84 Å². The van der Waals surface area contributed by atoms with Gasteiger partial charge in [-0.2, -0.15) is 0 Å². The lowest BCUT2D eigenvalue weighted by Gasteiger charge is -2.63. The molecule has 0 saturated heterocycles. The summed E-state index contributed by atoms with van der Waals surface area (Å²) in [5.41, 5.74) is 1.41. The standard InChI is InChI=1S/C25H44N2O3/c1-6-16-20(26-30-14-13-27(4)5)10-12-25(3)19-9-11-24(2)18(7-8-22(24)29)17(19)15-21(28)23(16)25/h16-19,21-23,28-29H,6-15H2,1-5H3/b26-20+/t16-,17-,18-,19-,21+,22-,23?,24-,25+/m0/s1. The summed E-state index contributed by atoms with van der Waals surface area (Å²) in [5, 5.41) is 26.8. The van der Waals surface area contributed by atoms with Crippen molar-refractivity contribution in [2.24, 2.45) is 45.6 Å². The number of fused-ring (bicyclic) bond motifs is 5. The Bertz CT molecular complexity index is 652. The highest BCUT2D eigenvalue weighted by molar-refractivity contribution is 5.87. The Morgan fingerprint density at radius 3 is 2.50 bits per heavy atom. The minimum absolute atomic E-state index is 0.0653. The van der Waals surface area contributed by atoms with E-state index in [-0.39, 0.29) is 29.0 Å². The lowest BCUT2D eigenvalue weighted by Crippen LogP contribution is -2.60. The van der Waals surface area contributed by atoms with Gasteiger partial charge in [-0.1, -0.05) is 25.9 Å². The van der Waals surface area contributed by atoms with Crippen molar-refractivity contribution in [2.45, 2.75) is 84.3 Å². The Kier molecular flexibility index (Phi) is 6.29. The number of oxime groups is 1. The SMILES string of the molecule is CC[C@H]1/C(=N/OCCN(C)C)CC[C@@]2(C)C1[C@H](O)C[C@H]1[C@@H]3CC[C@H](O)[C@@]3(C)CC[C@@H]12. The van der Waals surface area contributed by atoms with Gasteiger partial charge >= 0.3 is 0 Å². The molecule has 0 aromatic heterocycles. The van der Waals surface area contributed by atoms with Crippen molar-refractivity contribution in [1.29, 1.82) is 0 Å². The normalized spacial score (nSPS) is 49.6. The molecule has 1 unspecified atom stereocenters. The maximum absolute atomic E-state index is 11.5. The van der Waals surface area contributed by atoms with Gasteiger partial charge in [-0.25, -0.2) is 0 Å². The van der Waals surface area contributed by atoms with E-state index >= 15 is 0 Å². The number of rotatable bonds is 5. The van der Waals surface area contributed by atoms with Crippen LogP contribution in [0.5, 0.6) is 0 Å². The molecule has 0 amide bonds. The summed E-state index contributed by atoms with van der Waals surface area (Å²) < 4.78 is 0. The van der Waals surface area contributed by atoms with Crippen LogP contribution < -0.4 is 0 Å². The lowest BCUT2D eigenvalue weighted by atomic mass is 9.43. The lowest BCUT2D eigenvalue weighted by molar-refractivity contribution is -0.164. The minimum atomic E-state index is -0.270. The third-order valence-electron chi connectivity index (χ3n) is 9.96. The van der Waals surface area contributed by atoms with E-state index in [9.17, 15) is 10.2 Å². The number of hydrogen-bond acceptors (Lipinski definition) is 5. The molecule has 2 N–H and O–H groups in total. The largest absolute Gasteiger partial charge is 0.394 e. The number of aliphatic hydroxyl groups is 2. The van der Waals surface area contributed by atoms with E-state index in [1.54, 1.807) is 0 Å². The maximum atomic E-state index is 11.5. The molecule has 172 valence electrons. The van der Waals surface area contributed by atoms with Crippen molar-refractivity contribution in [2.75, 3.05) is 27.2 Å². The first-order valence-electron chi connectivity index (χ1n) is 12.4. The molecule has 4 rings (SSSR count). The highest BCUT2D eigenvalue weighted by Gasteiger charge is 2.63. The Morgan fingerprint density at radius 1 is 1.07 bits per heavy atom. The zero-order valence-corrected chi connectivity index (χ0v) is 19.8. The summed E-state index contributed by atoms with van der Waals surface area (Å²) in [6.45, 7) is 8.52. The molecule has 4 saturated carbocycles. The van der Waals surface area contributed by atoms with E-state index < -0.39 is 0 Å². The Morgan fingerprint density at radius 2 is 1.80 bits per heavy atom. The van der Waals surface area contributed by atoms with Crippen molar-refractivity contribution < 1.29 is 15.1 Å². The summed E-state index contributed by atoms with van der Waals surface area (Å²) in [7, 11) is 4.09. The van der Waals surface area contributed by atoms with E-state index in [0.717, 1.165) is 51.5 Å². The summed E-state index contributed by atoms with van der Waals surface area (Å²) in [4.78, 5) is 7.80. The molecule has 4 aliphatic rings. The van der Waals surface area contributed by atoms with Gasteiger partial charge in [0.25, 0.3) is 0 Å². The molecule has 5 nitrogen and oxygen atoms in total. The second-order valence-electron chi connectivity index (χ2n) is 11.6. The molecule has 0 spiro atoms. The summed E-state index contributed by atoms with van der Waals surface area (Å²) in [5.74, 6) is 2.40. The molecule has 0 aromatic carbocycles. The Labute approximate surface area is 183 Å². The van der Waals surface area contributed by atoms with Gasteiger partial charge in [0, 0.05) is 12.5 Å². The van der Waals surface area contributed by atoms with Crippen LogP contribution >= 0.6 is 0 Å². The highest BCUT2D eigenvalue weighted by atomic mass is 16.6. The Balaban J connectivity index is 1.55. The van der Waals surface area contributed by atoms with Crippen LogP contribution in [0.2, 0.25) is 0 Å². The number of nitrogens with zero attached hydrogens (tertiary/aromatic N) is 2. The number of likely N-dealkylation sites (N-methyl/N-ethyl adjacent to an activating group) is 1. The third-order valence-corrected chi connectivity index (χ3v) is 9.96. The van der Waals surface area contributed by atoms with Crippen LogP contribution in [0, 0.1) is 40.4 Å². The summed E-state index contributed by atoms with van der Waals surface area (Å²) in [6, 6.07) is 0. The predicted molar refractivity (Wildman–Crippen MR) is 120 cm³/mol. The van der Waals surface area contributed by atoms with Gasteiger partial charge in [-0.15, -0.1) is 0 Å². The monoisotopic (exact) mass is 420 g/mol. The third kappa shape index (κ3) is 3.53. The second kappa shape index (κ2) is 8.37. The fourth-order valence-corrected chi connectivity index (χ4v) is 8.34. The van der Waals surface area contributed by atoms with Crippen LogP contribution in [0.25, 0.3) is 0 Å². The number of aliphatic hydroxyl groups excluding tert-OH is 2. The van der Waals surface area contributed by atoms with Gasteiger partial charge in [0.1, 0.15) is 6.61 Å². The molecule has 5 heteroatoms. The molecule has 4 fully saturated rings. The first-order valence-corrected chi connectivity index (χ1v) is 12.4. The fraction of sp³-hybridized carbons (Fsp3) is 0.960. The average Bonchev–Trinajstić information content (AvgIpc) is 3.00. The summed E-state index contributed by atoms with van der Waals surface area (Å²) in [6.07, 6.45) is 8.03. The van der Waals surface area contributed by atoms with Gasteiger partial charge in [-0.05, 0) is 100.0 Å². The molecule has 0 aromatic rings. The van der Waals surface area contributed by atoms with Crippen LogP contribution in [-0.4, -0.2) is 60.3 Å². The molecule has 4 aliphatic carbocycles. The molecule has 0 aliphatic heterocycles. The Hall–Kier alpha value is -0.650. The first kappa shape index (κ1) is 22.5. The fourth-order valence-electron chi connectivity index (χ4n) is 8.34. The maximum Gasteiger partial charge on any atom is 0.129 e. The van der Waals surface area contributed by atoms with Crippen LogP contribution in [0.15, 0.2) is 5.16 Å². The smallest absolute Gasteiger partial charge is 0.129 e. The van der Waals surface area contributed by atoms with Gasteiger partial charge in [-0.3, -0.25) is 0 Å². The van der Waals surface area contributed by atoms with Gasteiger partial charge in [0.15, 0.2) is 0 Å². The molecule has 0 bridgehead atoms. The predicted octanol–water partition coefficient (Wildman–Crippen LogP) is 3.93. The van der Waals surface area contributed by atoms with Crippen LogP contribution in [-0.2, 0) is 4.84 Å². The molecule has 9 atom stereocenters. The van der Waals surface area contributed by atoms with Crippen LogP contribution in [0.3, 0.4) is 0 Å². The molecular formula is C25H44N2O3. The minimum Gasteiger partial charge on any atom is -0.394 e. The van der Waals surface area contributed by atoms with E-state index in [0.29, 0.717) is 30.3 Å².